The number of hydrogen-bond acceptors (Lipinski definition) is 8. The first-order valence-corrected chi connectivity index (χ1v) is 7.85. The Balaban J connectivity index is 1.90. The van der Waals surface area contributed by atoms with Gasteiger partial charge in [0.25, 0.3) is 5.95 Å². The molecule has 8 nitrogen and oxygen atoms in total. The van der Waals surface area contributed by atoms with Gasteiger partial charge in [-0.3, -0.25) is 5.21 Å². The highest BCUT2D eigenvalue weighted by molar-refractivity contribution is 5.64. The van der Waals surface area contributed by atoms with Crippen LogP contribution in [-0.2, 0) is 0 Å². The molecule has 0 amide bonds. The summed E-state index contributed by atoms with van der Waals surface area (Å²) in [5.74, 6) is 0.532. The van der Waals surface area contributed by atoms with Gasteiger partial charge in [0, 0.05) is 11.4 Å². The average Bonchev–Trinajstić information content (AvgIpc) is 2.65. The Kier molecular flexibility index (Phi) is 4.92. The van der Waals surface area contributed by atoms with E-state index >= 15 is 0 Å². The molecule has 26 heavy (non-hydrogen) atoms. The van der Waals surface area contributed by atoms with Crippen LogP contribution in [0.2, 0.25) is 0 Å². The first-order chi connectivity index (χ1) is 12.6. The van der Waals surface area contributed by atoms with Crippen LogP contribution >= 0.6 is 0 Å². The molecular weight excluding hydrogens is 330 g/mol. The van der Waals surface area contributed by atoms with Crippen molar-refractivity contribution in [2.24, 2.45) is 0 Å². The molecular formula is C18H17N7O. The predicted molar refractivity (Wildman–Crippen MR) is 98.9 cm³/mol. The lowest BCUT2D eigenvalue weighted by Crippen LogP contribution is -2.08. The molecule has 0 spiro atoms. The maximum atomic E-state index is 9.20. The van der Waals surface area contributed by atoms with Gasteiger partial charge in [-0.25, -0.2) is 5.48 Å². The first-order valence-electron chi connectivity index (χ1n) is 7.85. The second-order valence-electron chi connectivity index (χ2n) is 5.62. The Morgan fingerprint density at radius 3 is 2.00 bits per heavy atom. The highest BCUT2D eigenvalue weighted by Gasteiger charge is 2.09. The molecule has 130 valence electrons. The van der Waals surface area contributed by atoms with Crippen molar-refractivity contribution in [3.05, 3.63) is 59.2 Å². The summed E-state index contributed by atoms with van der Waals surface area (Å²) in [4.78, 5) is 12.5. The Bertz CT molecular complexity index is 944. The lowest BCUT2D eigenvalue weighted by atomic mass is 10.1. The summed E-state index contributed by atoms with van der Waals surface area (Å²) in [6, 6.07) is 14.9. The van der Waals surface area contributed by atoms with E-state index in [2.05, 4.69) is 31.7 Å². The van der Waals surface area contributed by atoms with E-state index in [0.29, 0.717) is 11.3 Å². The fourth-order valence-electron chi connectivity index (χ4n) is 2.42. The van der Waals surface area contributed by atoms with Gasteiger partial charge in [-0.05, 0) is 49.2 Å². The quantitative estimate of drug-likeness (QED) is 0.516. The number of anilines is 5. The van der Waals surface area contributed by atoms with Crippen LogP contribution in [0.4, 0.5) is 29.2 Å². The molecule has 0 saturated heterocycles. The van der Waals surface area contributed by atoms with Crippen LogP contribution in [-0.4, -0.2) is 20.2 Å². The number of nitrogens with zero attached hydrogens (tertiary/aromatic N) is 4. The van der Waals surface area contributed by atoms with Crippen LogP contribution in [0.25, 0.3) is 0 Å². The molecule has 1 aromatic heterocycles. The van der Waals surface area contributed by atoms with E-state index in [1.807, 2.05) is 37.5 Å². The lowest BCUT2D eigenvalue weighted by Gasteiger charge is -2.13. The molecule has 1 heterocycles. The fourth-order valence-corrected chi connectivity index (χ4v) is 2.42. The number of rotatable bonds is 5. The zero-order chi connectivity index (χ0) is 18.5. The molecule has 3 aromatic rings. The SMILES string of the molecule is Cc1cccc(C)c1Nc1nc(NO)nc(Nc2ccc(C#N)cc2)n1. The van der Waals surface area contributed by atoms with Gasteiger partial charge in [0.1, 0.15) is 0 Å². The number of hydrogen-bond donors (Lipinski definition) is 4. The Labute approximate surface area is 150 Å². The van der Waals surface area contributed by atoms with E-state index in [9.17, 15) is 5.21 Å². The van der Waals surface area contributed by atoms with E-state index in [4.69, 9.17) is 5.26 Å². The van der Waals surface area contributed by atoms with Crippen molar-refractivity contribution in [1.29, 1.82) is 5.26 Å². The van der Waals surface area contributed by atoms with Gasteiger partial charge in [0.2, 0.25) is 11.9 Å². The normalized spacial score (nSPS) is 10.1. The predicted octanol–water partition coefficient (Wildman–Crippen LogP) is 3.65. The van der Waals surface area contributed by atoms with Gasteiger partial charge in [-0.1, -0.05) is 18.2 Å². The van der Waals surface area contributed by atoms with E-state index in [0.717, 1.165) is 16.8 Å². The number of benzene rings is 2. The zero-order valence-electron chi connectivity index (χ0n) is 14.3. The van der Waals surface area contributed by atoms with Crippen LogP contribution in [0.15, 0.2) is 42.5 Å². The summed E-state index contributed by atoms with van der Waals surface area (Å²) < 4.78 is 0. The third-order valence-corrected chi connectivity index (χ3v) is 3.72. The standard InChI is InChI=1S/C18H17N7O/c1-11-4-3-5-12(2)15(11)21-17-22-16(23-18(24-17)25-26)20-14-8-6-13(10-19)7-9-14/h3-9,26H,1-2H3,(H3,20,21,22,23,24,25). The molecule has 0 atom stereocenters. The zero-order valence-corrected chi connectivity index (χ0v) is 14.3. The van der Waals surface area contributed by atoms with E-state index < -0.39 is 0 Å². The largest absolute Gasteiger partial charge is 0.324 e. The van der Waals surface area contributed by atoms with Crippen LogP contribution in [0.5, 0.6) is 0 Å². The number of aromatic nitrogens is 3. The first kappa shape index (κ1) is 17.1. The van der Waals surface area contributed by atoms with E-state index in [1.165, 1.54) is 0 Å². The third kappa shape index (κ3) is 3.85. The summed E-state index contributed by atoms with van der Waals surface area (Å²) in [5.41, 5.74) is 6.19. The van der Waals surface area contributed by atoms with Gasteiger partial charge in [-0.15, -0.1) is 0 Å². The molecule has 3 rings (SSSR count). The summed E-state index contributed by atoms with van der Waals surface area (Å²) in [6.45, 7) is 3.97. The second kappa shape index (κ2) is 7.46. The smallest absolute Gasteiger partial charge is 0.253 e. The summed E-state index contributed by atoms with van der Waals surface area (Å²) in [5, 5.41) is 24.2. The van der Waals surface area contributed by atoms with Crippen LogP contribution in [0.3, 0.4) is 0 Å². The maximum absolute atomic E-state index is 9.20. The molecule has 2 aromatic carbocycles. The lowest BCUT2D eigenvalue weighted by molar-refractivity contribution is 0.382. The fraction of sp³-hybridized carbons (Fsp3) is 0.111. The minimum absolute atomic E-state index is 0.00452. The van der Waals surface area contributed by atoms with Crippen molar-refractivity contribution in [3.63, 3.8) is 0 Å². The highest BCUT2D eigenvalue weighted by Crippen LogP contribution is 2.24. The van der Waals surface area contributed by atoms with Crippen molar-refractivity contribution in [3.8, 4) is 6.07 Å². The van der Waals surface area contributed by atoms with Crippen molar-refractivity contribution >= 4 is 29.2 Å². The molecule has 0 saturated carbocycles. The third-order valence-electron chi connectivity index (χ3n) is 3.72. The van der Waals surface area contributed by atoms with Gasteiger partial charge in [-0.2, -0.15) is 20.2 Å². The van der Waals surface area contributed by atoms with Gasteiger partial charge < -0.3 is 10.6 Å². The Morgan fingerprint density at radius 2 is 1.42 bits per heavy atom. The van der Waals surface area contributed by atoms with Crippen LogP contribution in [0.1, 0.15) is 16.7 Å². The van der Waals surface area contributed by atoms with Crippen molar-refractivity contribution in [1.82, 2.24) is 15.0 Å². The van der Waals surface area contributed by atoms with Crippen molar-refractivity contribution in [2.75, 3.05) is 16.1 Å². The van der Waals surface area contributed by atoms with Gasteiger partial charge in [0.15, 0.2) is 0 Å². The minimum atomic E-state index is 0.00452. The molecule has 0 aliphatic carbocycles. The second-order valence-corrected chi connectivity index (χ2v) is 5.62. The number of nitrogens with one attached hydrogen (secondary N) is 3. The Hall–Kier alpha value is -3.70. The van der Waals surface area contributed by atoms with Crippen molar-refractivity contribution in [2.45, 2.75) is 13.8 Å². The molecule has 0 radical (unpaired) electrons. The summed E-state index contributed by atoms with van der Waals surface area (Å²) >= 11 is 0. The highest BCUT2D eigenvalue weighted by atomic mass is 16.5. The van der Waals surface area contributed by atoms with Gasteiger partial charge in [0.05, 0.1) is 11.6 Å². The number of nitriles is 1. The molecule has 4 N–H and O–H groups in total. The topological polar surface area (TPSA) is 119 Å². The van der Waals surface area contributed by atoms with E-state index in [1.54, 1.807) is 24.3 Å². The molecule has 0 aliphatic rings. The van der Waals surface area contributed by atoms with Gasteiger partial charge >= 0.3 is 0 Å². The number of aryl methyl sites for hydroxylation is 2. The van der Waals surface area contributed by atoms with E-state index in [-0.39, 0.29) is 17.8 Å². The summed E-state index contributed by atoms with van der Waals surface area (Å²) in [7, 11) is 0. The van der Waals surface area contributed by atoms with Crippen molar-refractivity contribution < 1.29 is 5.21 Å². The molecule has 0 bridgehead atoms. The molecule has 0 aliphatic heterocycles. The molecule has 0 unspecified atom stereocenters. The number of para-hydroxylation sites is 1. The Morgan fingerprint density at radius 1 is 0.846 bits per heavy atom. The van der Waals surface area contributed by atoms with Crippen LogP contribution in [0, 0.1) is 25.2 Å². The molecule has 8 heteroatoms. The maximum Gasteiger partial charge on any atom is 0.253 e. The van der Waals surface area contributed by atoms with Crippen LogP contribution < -0.4 is 16.1 Å². The minimum Gasteiger partial charge on any atom is -0.324 e. The monoisotopic (exact) mass is 347 g/mol. The molecule has 0 fully saturated rings. The average molecular weight is 347 g/mol. The summed E-state index contributed by atoms with van der Waals surface area (Å²) in [6.07, 6.45) is 0.